The Bertz CT molecular complexity index is 1860. The van der Waals surface area contributed by atoms with Crippen molar-refractivity contribution in [2.75, 3.05) is 14.2 Å². The maximum atomic E-state index is 13.7. The van der Waals surface area contributed by atoms with Crippen LogP contribution in [0.3, 0.4) is 0 Å². The van der Waals surface area contributed by atoms with E-state index in [2.05, 4.69) is 18.9 Å². The number of hydrogen-bond acceptors (Lipinski definition) is 7. The third-order valence-corrected chi connectivity index (χ3v) is 7.03. The minimum Gasteiger partial charge on any atom is -0.496 e. The number of hydrogen-bond donors (Lipinski definition) is 0. The van der Waals surface area contributed by atoms with Crippen LogP contribution in [0.2, 0.25) is 0 Å². The smallest absolute Gasteiger partial charge is 0.337 e. The molecule has 0 bridgehead atoms. The predicted molar refractivity (Wildman–Crippen MR) is 160 cm³/mol. The molecule has 2 aromatic heterocycles. The standard InChI is InChI=1S/C33H31N3O5/c1-19(2)26-17-27(21(4)16-30(26)39-5)31-35-28-10-8-7-9-25(28)32(37)36(31)34-18-23-12-14-29(41-23)24-13-11-22(15-20(24)3)33(38)40-6/h7-19H,1-6H3. The highest BCUT2D eigenvalue weighted by Crippen LogP contribution is 2.34. The summed E-state index contributed by atoms with van der Waals surface area (Å²) in [7, 11) is 3.01. The SMILES string of the molecule is COC(=O)c1ccc(-c2ccc(C=Nn3c(-c4cc(C(C)C)c(OC)cc4C)nc4ccccc4c3=O)o2)c(C)c1. The summed E-state index contributed by atoms with van der Waals surface area (Å²) in [4.78, 5) is 30.4. The van der Waals surface area contributed by atoms with Crippen molar-refractivity contribution in [3.63, 3.8) is 0 Å². The molecule has 0 saturated carbocycles. The van der Waals surface area contributed by atoms with Crippen LogP contribution >= 0.6 is 0 Å². The molecule has 0 aliphatic rings. The molecule has 3 aromatic carbocycles. The number of carbonyl (C=O) groups is 1. The van der Waals surface area contributed by atoms with Crippen LogP contribution in [0.1, 0.15) is 52.6 Å². The van der Waals surface area contributed by atoms with E-state index in [1.54, 1.807) is 37.4 Å². The van der Waals surface area contributed by atoms with Crippen molar-refractivity contribution in [3.8, 4) is 28.5 Å². The fraction of sp³-hybridized carbons (Fsp3) is 0.212. The van der Waals surface area contributed by atoms with E-state index >= 15 is 0 Å². The van der Waals surface area contributed by atoms with E-state index in [4.69, 9.17) is 18.9 Å². The van der Waals surface area contributed by atoms with Gasteiger partial charge < -0.3 is 13.9 Å². The van der Waals surface area contributed by atoms with Gasteiger partial charge in [0.25, 0.3) is 5.56 Å². The van der Waals surface area contributed by atoms with Crippen LogP contribution in [0.15, 0.2) is 81.0 Å². The van der Waals surface area contributed by atoms with Crippen LogP contribution in [0.5, 0.6) is 5.75 Å². The van der Waals surface area contributed by atoms with Crippen LogP contribution in [0.4, 0.5) is 0 Å². The van der Waals surface area contributed by atoms with E-state index in [9.17, 15) is 9.59 Å². The molecule has 0 aliphatic heterocycles. The second kappa shape index (κ2) is 11.3. The van der Waals surface area contributed by atoms with Gasteiger partial charge in [-0.15, -0.1) is 0 Å². The van der Waals surface area contributed by atoms with Crippen LogP contribution in [-0.4, -0.2) is 36.1 Å². The molecule has 8 heteroatoms. The van der Waals surface area contributed by atoms with Gasteiger partial charge in [-0.2, -0.15) is 9.78 Å². The number of carbonyl (C=O) groups excluding carboxylic acids is 1. The quantitative estimate of drug-likeness (QED) is 0.165. The monoisotopic (exact) mass is 549 g/mol. The fourth-order valence-corrected chi connectivity index (χ4v) is 4.84. The lowest BCUT2D eigenvalue weighted by Gasteiger charge is -2.17. The molecular formula is C33H31N3O5. The Balaban J connectivity index is 1.60. The number of furan rings is 1. The number of aryl methyl sites for hydroxylation is 2. The van der Waals surface area contributed by atoms with Gasteiger partial charge in [-0.05, 0) is 85.0 Å². The molecule has 0 aliphatic carbocycles. The Morgan fingerprint density at radius 3 is 2.44 bits per heavy atom. The molecule has 5 aromatic rings. The average Bonchev–Trinajstić information content (AvgIpc) is 3.44. The largest absolute Gasteiger partial charge is 0.496 e. The highest BCUT2D eigenvalue weighted by atomic mass is 16.5. The number of benzene rings is 3. The number of methoxy groups -OCH3 is 2. The summed E-state index contributed by atoms with van der Waals surface area (Å²) in [6.45, 7) is 8.04. The van der Waals surface area contributed by atoms with E-state index in [0.717, 1.165) is 33.6 Å². The number of aromatic nitrogens is 2. The lowest BCUT2D eigenvalue weighted by Crippen LogP contribution is -2.20. The minimum absolute atomic E-state index is 0.195. The van der Waals surface area contributed by atoms with Gasteiger partial charge in [0.05, 0.1) is 36.9 Å². The van der Waals surface area contributed by atoms with Gasteiger partial charge in [-0.1, -0.05) is 32.0 Å². The molecule has 0 radical (unpaired) electrons. The molecule has 8 nitrogen and oxygen atoms in total. The molecule has 5 rings (SSSR count). The van der Waals surface area contributed by atoms with Crippen molar-refractivity contribution in [1.82, 2.24) is 9.66 Å². The molecule has 0 amide bonds. The van der Waals surface area contributed by atoms with Crippen molar-refractivity contribution in [1.29, 1.82) is 0 Å². The van der Waals surface area contributed by atoms with Crippen molar-refractivity contribution < 1.29 is 18.7 Å². The summed E-state index contributed by atoms with van der Waals surface area (Å²) >= 11 is 0. The number of esters is 1. The highest BCUT2D eigenvalue weighted by Gasteiger charge is 2.18. The zero-order valence-electron chi connectivity index (χ0n) is 23.9. The number of rotatable bonds is 7. The Morgan fingerprint density at radius 2 is 1.73 bits per heavy atom. The molecule has 0 unspecified atom stereocenters. The van der Waals surface area contributed by atoms with Crippen LogP contribution in [0.25, 0.3) is 33.6 Å². The third-order valence-electron chi connectivity index (χ3n) is 7.03. The Morgan fingerprint density at radius 1 is 0.976 bits per heavy atom. The topological polar surface area (TPSA) is 95.9 Å². The summed E-state index contributed by atoms with van der Waals surface area (Å²) in [5.74, 6) is 2.07. The van der Waals surface area contributed by atoms with Crippen molar-refractivity contribution >= 4 is 23.1 Å². The van der Waals surface area contributed by atoms with Gasteiger partial charge in [-0.25, -0.2) is 9.78 Å². The molecule has 0 N–H and O–H groups in total. The van der Waals surface area contributed by atoms with Crippen molar-refractivity contribution in [2.45, 2.75) is 33.6 Å². The maximum absolute atomic E-state index is 13.7. The molecule has 0 saturated heterocycles. The Hall–Kier alpha value is -4.98. The maximum Gasteiger partial charge on any atom is 0.337 e. The molecule has 0 fully saturated rings. The first-order chi connectivity index (χ1) is 19.7. The Kier molecular flexibility index (Phi) is 7.57. The van der Waals surface area contributed by atoms with E-state index in [-0.39, 0.29) is 11.5 Å². The molecule has 208 valence electrons. The lowest BCUT2D eigenvalue weighted by atomic mass is 9.96. The van der Waals surface area contributed by atoms with Gasteiger partial charge in [0.1, 0.15) is 17.3 Å². The average molecular weight is 550 g/mol. The summed E-state index contributed by atoms with van der Waals surface area (Å²) in [5, 5.41) is 5.03. The Labute approximate surface area is 237 Å². The predicted octanol–water partition coefficient (Wildman–Crippen LogP) is 6.74. The first kappa shape index (κ1) is 27.6. The van der Waals surface area contributed by atoms with Crippen molar-refractivity contribution in [2.24, 2.45) is 5.10 Å². The summed E-state index contributed by atoms with van der Waals surface area (Å²) in [6.07, 6.45) is 1.51. The van der Waals surface area contributed by atoms with Gasteiger partial charge in [0.15, 0.2) is 5.82 Å². The summed E-state index contributed by atoms with van der Waals surface area (Å²) in [5.41, 5.74) is 5.16. The first-order valence-electron chi connectivity index (χ1n) is 13.3. The number of ether oxygens (including phenoxy) is 2. The van der Waals surface area contributed by atoms with Crippen LogP contribution in [-0.2, 0) is 4.74 Å². The molecule has 2 heterocycles. The van der Waals surface area contributed by atoms with E-state index in [1.165, 1.54) is 18.0 Å². The van der Waals surface area contributed by atoms with E-state index in [1.807, 2.05) is 50.2 Å². The summed E-state index contributed by atoms with van der Waals surface area (Å²) < 4.78 is 17.8. The number of fused-ring (bicyclic) bond motifs is 1. The van der Waals surface area contributed by atoms with E-state index < -0.39 is 5.97 Å². The van der Waals surface area contributed by atoms with Gasteiger partial charge in [-0.3, -0.25) is 4.79 Å². The number of para-hydroxylation sites is 1. The molecule has 0 spiro atoms. The first-order valence-corrected chi connectivity index (χ1v) is 13.3. The minimum atomic E-state index is -0.398. The fourth-order valence-electron chi connectivity index (χ4n) is 4.84. The van der Waals surface area contributed by atoms with Gasteiger partial charge >= 0.3 is 5.97 Å². The van der Waals surface area contributed by atoms with Gasteiger partial charge in [0, 0.05) is 11.1 Å². The third kappa shape index (κ3) is 5.28. The van der Waals surface area contributed by atoms with Gasteiger partial charge in [0.2, 0.25) is 0 Å². The normalized spacial score (nSPS) is 11.5. The van der Waals surface area contributed by atoms with Crippen LogP contribution < -0.4 is 10.3 Å². The second-order valence-corrected chi connectivity index (χ2v) is 10.1. The lowest BCUT2D eigenvalue weighted by molar-refractivity contribution is 0.0600. The second-order valence-electron chi connectivity index (χ2n) is 10.1. The zero-order valence-corrected chi connectivity index (χ0v) is 23.9. The zero-order chi connectivity index (χ0) is 29.3. The molecule has 41 heavy (non-hydrogen) atoms. The van der Waals surface area contributed by atoms with Crippen molar-refractivity contribution in [3.05, 3.63) is 105 Å². The van der Waals surface area contributed by atoms with Crippen LogP contribution in [0, 0.1) is 13.8 Å². The number of nitrogens with zero attached hydrogens (tertiary/aromatic N) is 3. The summed E-state index contributed by atoms with van der Waals surface area (Å²) in [6, 6.07) is 20.1. The molecular weight excluding hydrogens is 518 g/mol. The molecule has 0 atom stereocenters. The van der Waals surface area contributed by atoms with E-state index in [0.29, 0.717) is 33.8 Å². The highest BCUT2D eigenvalue weighted by molar-refractivity contribution is 5.90.